The Kier molecular flexibility index (Phi) is 7.87. The van der Waals surface area contributed by atoms with Crippen LogP contribution in [0.15, 0.2) is 18.2 Å². The highest BCUT2D eigenvalue weighted by Crippen LogP contribution is 2.29. The van der Waals surface area contributed by atoms with E-state index in [4.69, 9.17) is 0 Å². The second-order valence-corrected chi connectivity index (χ2v) is 5.09. The van der Waals surface area contributed by atoms with Gasteiger partial charge < -0.3 is 20.1 Å². The first-order valence-electron chi connectivity index (χ1n) is 7.20. The van der Waals surface area contributed by atoms with Crippen LogP contribution in [0, 0.1) is 5.92 Å². The first-order valence-corrected chi connectivity index (χ1v) is 7.20. The number of esters is 1. The fraction of sp³-hybridized carbons (Fsp3) is 0.467. The molecule has 0 bridgehead atoms. The van der Waals surface area contributed by atoms with E-state index in [-0.39, 0.29) is 41.2 Å². The SMILES string of the molecule is COC(=O)c1ccc(NC(=O)C2CCNCC2)c(OC(F)F)c1.Cl. The number of hydrogen-bond donors (Lipinski definition) is 2. The van der Waals surface area contributed by atoms with E-state index in [2.05, 4.69) is 20.1 Å². The molecule has 1 saturated heterocycles. The lowest BCUT2D eigenvalue weighted by Gasteiger charge is -2.22. The van der Waals surface area contributed by atoms with Gasteiger partial charge in [-0.25, -0.2) is 4.79 Å². The van der Waals surface area contributed by atoms with Crippen molar-refractivity contribution >= 4 is 30.0 Å². The van der Waals surface area contributed by atoms with Crippen LogP contribution >= 0.6 is 12.4 Å². The minimum atomic E-state index is -3.07. The number of benzene rings is 1. The zero-order valence-electron chi connectivity index (χ0n) is 13.0. The Hall–Kier alpha value is -1.93. The number of amides is 1. The van der Waals surface area contributed by atoms with Crippen LogP contribution in [0.4, 0.5) is 14.5 Å². The number of methoxy groups -OCH3 is 1. The molecule has 2 N–H and O–H groups in total. The Labute approximate surface area is 144 Å². The smallest absolute Gasteiger partial charge is 0.387 e. The molecular weight excluding hydrogens is 346 g/mol. The van der Waals surface area contributed by atoms with E-state index >= 15 is 0 Å². The molecule has 0 saturated carbocycles. The third-order valence-electron chi connectivity index (χ3n) is 3.59. The third kappa shape index (κ3) is 5.31. The normalized spacial score (nSPS) is 14.7. The number of nitrogens with one attached hydrogen (secondary N) is 2. The summed E-state index contributed by atoms with van der Waals surface area (Å²) in [5.41, 5.74) is 0.157. The van der Waals surface area contributed by atoms with Crippen LogP contribution in [0.5, 0.6) is 5.75 Å². The number of anilines is 1. The first-order chi connectivity index (χ1) is 11.0. The van der Waals surface area contributed by atoms with Crippen LogP contribution in [0.25, 0.3) is 0 Å². The molecule has 24 heavy (non-hydrogen) atoms. The first kappa shape index (κ1) is 20.1. The van der Waals surface area contributed by atoms with Crippen molar-refractivity contribution in [2.75, 3.05) is 25.5 Å². The number of rotatable bonds is 5. The number of hydrogen-bond acceptors (Lipinski definition) is 5. The minimum Gasteiger partial charge on any atom is -0.465 e. The average molecular weight is 365 g/mol. The van der Waals surface area contributed by atoms with E-state index in [0.29, 0.717) is 12.8 Å². The highest BCUT2D eigenvalue weighted by Gasteiger charge is 2.23. The maximum atomic E-state index is 12.5. The lowest BCUT2D eigenvalue weighted by atomic mass is 9.97. The summed E-state index contributed by atoms with van der Waals surface area (Å²) in [4.78, 5) is 23.7. The Balaban J connectivity index is 0.00000288. The molecule has 0 aliphatic carbocycles. The standard InChI is InChI=1S/C15H18F2N2O4.ClH/c1-22-14(21)10-2-3-11(12(8-10)23-15(16)17)19-13(20)9-4-6-18-7-5-9;/h2-3,8-9,15,18H,4-7H2,1H3,(H,19,20);1H. The molecule has 1 amide bonds. The number of carbonyl (C=O) groups excluding carboxylic acids is 2. The Morgan fingerprint density at radius 2 is 1.96 bits per heavy atom. The Morgan fingerprint density at radius 3 is 2.54 bits per heavy atom. The molecule has 9 heteroatoms. The maximum Gasteiger partial charge on any atom is 0.387 e. The topological polar surface area (TPSA) is 76.7 Å². The van der Waals surface area contributed by atoms with Crippen molar-refractivity contribution in [3.63, 3.8) is 0 Å². The molecule has 0 spiro atoms. The molecule has 1 aliphatic heterocycles. The number of ether oxygens (including phenoxy) is 2. The summed E-state index contributed by atoms with van der Waals surface area (Å²) < 4.78 is 34.0. The van der Waals surface area contributed by atoms with Crippen LogP contribution < -0.4 is 15.4 Å². The number of piperidine rings is 1. The summed E-state index contributed by atoms with van der Waals surface area (Å²) >= 11 is 0. The van der Waals surface area contributed by atoms with Gasteiger partial charge in [-0.3, -0.25) is 4.79 Å². The zero-order valence-corrected chi connectivity index (χ0v) is 13.8. The Bertz CT molecular complexity index is 581. The number of carbonyl (C=O) groups is 2. The van der Waals surface area contributed by atoms with E-state index < -0.39 is 12.6 Å². The van der Waals surface area contributed by atoms with E-state index in [0.717, 1.165) is 19.2 Å². The fourth-order valence-corrected chi connectivity index (χ4v) is 2.38. The van der Waals surface area contributed by atoms with E-state index in [1.165, 1.54) is 19.2 Å². The van der Waals surface area contributed by atoms with Crippen molar-refractivity contribution in [2.45, 2.75) is 19.5 Å². The second-order valence-electron chi connectivity index (χ2n) is 5.09. The van der Waals surface area contributed by atoms with E-state index in [1.54, 1.807) is 0 Å². The molecule has 1 aromatic carbocycles. The van der Waals surface area contributed by atoms with Crippen molar-refractivity contribution in [2.24, 2.45) is 5.92 Å². The molecule has 1 aromatic rings. The predicted molar refractivity (Wildman–Crippen MR) is 85.9 cm³/mol. The lowest BCUT2D eigenvalue weighted by molar-refractivity contribution is -0.120. The second kappa shape index (κ2) is 9.39. The van der Waals surface area contributed by atoms with Gasteiger partial charge in [0.05, 0.1) is 18.4 Å². The molecule has 0 aromatic heterocycles. The predicted octanol–water partition coefficient (Wildman–Crippen LogP) is 2.43. The van der Waals surface area contributed by atoms with Gasteiger partial charge in [-0.1, -0.05) is 0 Å². The summed E-state index contributed by atoms with van der Waals surface area (Å²) in [6, 6.07) is 3.85. The van der Waals surface area contributed by atoms with Crippen molar-refractivity contribution < 1.29 is 27.8 Å². The zero-order chi connectivity index (χ0) is 16.8. The average Bonchev–Trinajstić information content (AvgIpc) is 2.56. The molecule has 1 fully saturated rings. The fourth-order valence-electron chi connectivity index (χ4n) is 2.38. The van der Waals surface area contributed by atoms with Crippen LogP contribution in [-0.2, 0) is 9.53 Å². The largest absolute Gasteiger partial charge is 0.465 e. The van der Waals surface area contributed by atoms with Gasteiger partial charge in [-0.2, -0.15) is 8.78 Å². The van der Waals surface area contributed by atoms with Crippen LogP contribution in [0.2, 0.25) is 0 Å². The van der Waals surface area contributed by atoms with Gasteiger partial charge in [-0.15, -0.1) is 12.4 Å². The molecule has 0 unspecified atom stereocenters. The van der Waals surface area contributed by atoms with E-state index in [9.17, 15) is 18.4 Å². The number of alkyl halides is 2. The monoisotopic (exact) mass is 364 g/mol. The quantitative estimate of drug-likeness (QED) is 0.785. The summed E-state index contributed by atoms with van der Waals surface area (Å²) in [7, 11) is 1.18. The van der Waals surface area contributed by atoms with Gasteiger partial charge in [0.1, 0.15) is 5.75 Å². The summed E-state index contributed by atoms with van der Waals surface area (Å²) in [6.07, 6.45) is 1.36. The summed E-state index contributed by atoms with van der Waals surface area (Å²) in [5, 5.41) is 5.73. The van der Waals surface area contributed by atoms with Gasteiger partial charge in [0.2, 0.25) is 5.91 Å². The van der Waals surface area contributed by atoms with Crippen molar-refractivity contribution in [3.05, 3.63) is 23.8 Å². The van der Waals surface area contributed by atoms with Crippen LogP contribution in [0.1, 0.15) is 23.2 Å². The Morgan fingerprint density at radius 1 is 1.29 bits per heavy atom. The summed E-state index contributed by atoms with van der Waals surface area (Å²) in [6.45, 7) is -1.60. The lowest BCUT2D eigenvalue weighted by Crippen LogP contribution is -2.34. The van der Waals surface area contributed by atoms with Crippen LogP contribution in [0.3, 0.4) is 0 Å². The highest BCUT2D eigenvalue weighted by molar-refractivity contribution is 5.96. The van der Waals surface area contributed by atoms with Crippen molar-refractivity contribution in [1.29, 1.82) is 0 Å². The van der Waals surface area contributed by atoms with Gasteiger partial charge >= 0.3 is 12.6 Å². The molecule has 134 valence electrons. The third-order valence-corrected chi connectivity index (χ3v) is 3.59. The molecule has 1 aliphatic rings. The highest BCUT2D eigenvalue weighted by atomic mass is 35.5. The van der Waals surface area contributed by atoms with Crippen molar-refractivity contribution in [1.82, 2.24) is 5.32 Å². The van der Waals surface area contributed by atoms with Gasteiger partial charge in [0.25, 0.3) is 0 Å². The molecule has 2 rings (SSSR count). The molecular formula is C15H19ClF2N2O4. The summed E-state index contributed by atoms with van der Waals surface area (Å²) in [5.74, 6) is -1.39. The minimum absolute atomic E-state index is 0. The van der Waals surface area contributed by atoms with Crippen molar-refractivity contribution in [3.8, 4) is 5.75 Å². The van der Waals surface area contributed by atoms with Gasteiger partial charge in [0.15, 0.2) is 0 Å². The van der Waals surface area contributed by atoms with Crippen LogP contribution in [-0.4, -0.2) is 38.7 Å². The molecule has 6 nitrogen and oxygen atoms in total. The molecule has 0 radical (unpaired) electrons. The maximum absolute atomic E-state index is 12.5. The van der Waals surface area contributed by atoms with Gasteiger partial charge in [-0.05, 0) is 44.1 Å². The molecule has 1 heterocycles. The molecule has 0 atom stereocenters. The van der Waals surface area contributed by atoms with E-state index in [1.807, 2.05) is 0 Å². The van der Waals surface area contributed by atoms with Gasteiger partial charge in [0, 0.05) is 5.92 Å². The number of halogens is 3.